The number of nitro groups is 1. The highest BCUT2D eigenvalue weighted by atomic mass is 28.4. The first-order valence-electron chi connectivity index (χ1n) is 14.7. The average molecular weight is 620 g/mol. The van der Waals surface area contributed by atoms with Crippen LogP contribution in [0.1, 0.15) is 30.9 Å². The summed E-state index contributed by atoms with van der Waals surface area (Å²) in [5.74, 6) is -1.16. The van der Waals surface area contributed by atoms with Gasteiger partial charge in [-0.05, 0) is 73.8 Å². The predicted molar refractivity (Wildman–Crippen MR) is 163 cm³/mol. The third-order valence-electron chi connectivity index (χ3n) is 8.02. The number of ether oxygens (including phenoxy) is 2. The van der Waals surface area contributed by atoms with Crippen molar-refractivity contribution in [2.75, 3.05) is 13.1 Å². The fourth-order valence-electron chi connectivity index (χ4n) is 6.01. The molecular weight excluding hydrogens is 582 g/mol. The first-order chi connectivity index (χ1) is 20.9. The highest BCUT2D eigenvalue weighted by Gasteiger charge is 2.58. The lowest BCUT2D eigenvalue weighted by atomic mass is 9.82. The van der Waals surface area contributed by atoms with Gasteiger partial charge in [0.05, 0.1) is 23.0 Å². The highest BCUT2D eigenvalue weighted by Crippen LogP contribution is 2.47. The monoisotopic (exact) mass is 619 g/mol. The molecule has 1 fully saturated rings. The number of carbonyl (C=O) groups is 3. The lowest BCUT2D eigenvalue weighted by Crippen LogP contribution is -2.63. The van der Waals surface area contributed by atoms with Crippen LogP contribution in [0.3, 0.4) is 0 Å². The minimum atomic E-state index is -1.91. The maximum atomic E-state index is 13.6. The summed E-state index contributed by atoms with van der Waals surface area (Å²) >= 11 is 0. The Morgan fingerprint density at radius 3 is 2.30 bits per heavy atom. The van der Waals surface area contributed by atoms with E-state index in [0.29, 0.717) is 31.5 Å². The minimum Gasteiger partial charge on any atom is -0.456 e. The Balaban J connectivity index is 1.32. The largest absolute Gasteiger partial charge is 0.456 e. The van der Waals surface area contributed by atoms with Gasteiger partial charge in [-0.25, -0.2) is 9.59 Å². The molecule has 0 radical (unpaired) electrons. The minimum absolute atomic E-state index is 0.0576. The van der Waals surface area contributed by atoms with E-state index in [0.717, 1.165) is 16.7 Å². The fourth-order valence-corrected chi connectivity index (χ4v) is 7.27. The van der Waals surface area contributed by atoms with E-state index in [2.05, 4.69) is 19.6 Å². The SMILES string of the molecule is C[C@@H](O[Si](C)(C)C)[C@H]1C(=O)N2C(C(=O)OCc3ccc([N+](=O)[O-])cc3)=C(C3=CCN(C(=O)OCc4ccccc4)CC3)C[C@H]12. The van der Waals surface area contributed by atoms with Gasteiger partial charge < -0.3 is 23.7 Å². The number of amides is 2. The summed E-state index contributed by atoms with van der Waals surface area (Å²) in [4.78, 5) is 53.4. The van der Waals surface area contributed by atoms with Crippen LogP contribution in [0.4, 0.5) is 10.5 Å². The molecule has 5 rings (SSSR count). The molecule has 3 atom stereocenters. The van der Waals surface area contributed by atoms with Crippen LogP contribution >= 0.6 is 0 Å². The summed E-state index contributed by atoms with van der Waals surface area (Å²) in [7, 11) is -1.91. The molecule has 0 N–H and O–H groups in total. The molecule has 2 amide bonds. The second-order valence-electron chi connectivity index (χ2n) is 12.2. The van der Waals surface area contributed by atoms with Gasteiger partial charge in [-0.3, -0.25) is 14.9 Å². The van der Waals surface area contributed by atoms with Gasteiger partial charge in [0.1, 0.15) is 18.9 Å². The van der Waals surface area contributed by atoms with E-state index < -0.39 is 25.3 Å². The van der Waals surface area contributed by atoms with Crippen molar-refractivity contribution >= 4 is 32.0 Å². The Hall–Kier alpha value is -4.29. The van der Waals surface area contributed by atoms with Crippen molar-refractivity contribution in [2.45, 2.75) is 64.8 Å². The van der Waals surface area contributed by atoms with Crippen molar-refractivity contribution in [1.82, 2.24) is 9.80 Å². The van der Waals surface area contributed by atoms with Crippen LogP contribution in [0.5, 0.6) is 0 Å². The normalized spacial score (nSPS) is 20.5. The van der Waals surface area contributed by atoms with E-state index in [1.165, 1.54) is 24.3 Å². The smallest absolute Gasteiger partial charge is 0.410 e. The van der Waals surface area contributed by atoms with Crippen molar-refractivity contribution in [3.63, 3.8) is 0 Å². The molecule has 3 heterocycles. The lowest BCUT2D eigenvalue weighted by Gasteiger charge is -2.47. The molecule has 1 saturated heterocycles. The second-order valence-corrected chi connectivity index (χ2v) is 16.7. The number of carbonyl (C=O) groups excluding carboxylic acids is 3. The van der Waals surface area contributed by atoms with Gasteiger partial charge in [0, 0.05) is 25.2 Å². The first-order valence-corrected chi connectivity index (χ1v) is 18.1. The number of hydrogen-bond donors (Lipinski definition) is 0. The predicted octanol–water partition coefficient (Wildman–Crippen LogP) is 5.33. The van der Waals surface area contributed by atoms with Crippen LogP contribution in [0.15, 0.2) is 77.5 Å². The van der Waals surface area contributed by atoms with Crippen molar-refractivity contribution in [3.8, 4) is 0 Å². The number of benzene rings is 2. The van der Waals surface area contributed by atoms with E-state index in [4.69, 9.17) is 13.9 Å². The van der Waals surface area contributed by atoms with E-state index in [-0.39, 0.29) is 48.6 Å². The number of esters is 1. The van der Waals surface area contributed by atoms with Crippen molar-refractivity contribution in [2.24, 2.45) is 5.92 Å². The molecule has 0 aliphatic carbocycles. The van der Waals surface area contributed by atoms with Gasteiger partial charge in [0.15, 0.2) is 8.32 Å². The Morgan fingerprint density at radius 1 is 1.02 bits per heavy atom. The Morgan fingerprint density at radius 2 is 1.68 bits per heavy atom. The van der Waals surface area contributed by atoms with Crippen LogP contribution in [-0.2, 0) is 36.7 Å². The van der Waals surface area contributed by atoms with Gasteiger partial charge in [0.25, 0.3) is 5.69 Å². The molecule has 12 heteroatoms. The molecule has 2 aromatic carbocycles. The van der Waals surface area contributed by atoms with Crippen molar-refractivity contribution in [1.29, 1.82) is 0 Å². The number of β-lactam (4-membered cyclic amide) rings is 1. The topological polar surface area (TPSA) is 129 Å². The van der Waals surface area contributed by atoms with Gasteiger partial charge in [-0.2, -0.15) is 0 Å². The molecule has 11 nitrogen and oxygen atoms in total. The number of nitro benzene ring substituents is 1. The van der Waals surface area contributed by atoms with E-state index in [1.807, 2.05) is 43.3 Å². The summed E-state index contributed by atoms with van der Waals surface area (Å²) in [6, 6.07) is 15.0. The molecule has 0 saturated carbocycles. The maximum Gasteiger partial charge on any atom is 0.410 e. The van der Waals surface area contributed by atoms with Crippen LogP contribution in [0.2, 0.25) is 19.6 Å². The Kier molecular flexibility index (Phi) is 9.02. The Bertz CT molecular complexity index is 1500. The molecule has 3 aliphatic rings. The summed E-state index contributed by atoms with van der Waals surface area (Å²) in [5, 5.41) is 11.0. The zero-order valence-electron chi connectivity index (χ0n) is 25.4. The molecule has 3 aliphatic heterocycles. The lowest BCUT2D eigenvalue weighted by molar-refractivity contribution is -0.384. The van der Waals surface area contributed by atoms with Crippen LogP contribution in [0.25, 0.3) is 0 Å². The van der Waals surface area contributed by atoms with E-state index >= 15 is 0 Å². The molecule has 44 heavy (non-hydrogen) atoms. The van der Waals surface area contributed by atoms with Crippen LogP contribution in [0, 0.1) is 16.0 Å². The first kappa shape index (κ1) is 31.1. The average Bonchev–Trinajstić information content (AvgIpc) is 3.33. The zero-order chi connectivity index (χ0) is 31.6. The number of non-ortho nitro benzene ring substituents is 1. The van der Waals surface area contributed by atoms with Crippen LogP contribution in [-0.4, -0.2) is 66.2 Å². The third kappa shape index (κ3) is 6.76. The van der Waals surface area contributed by atoms with Gasteiger partial charge in [-0.1, -0.05) is 36.4 Å². The number of rotatable bonds is 10. The maximum absolute atomic E-state index is 13.6. The van der Waals surface area contributed by atoms with Gasteiger partial charge >= 0.3 is 12.1 Å². The van der Waals surface area contributed by atoms with Gasteiger partial charge in [0.2, 0.25) is 5.91 Å². The molecule has 0 unspecified atom stereocenters. The molecular formula is C32H37N3O8Si. The summed E-state index contributed by atoms with van der Waals surface area (Å²) in [6.07, 6.45) is 2.20. The molecule has 0 aromatic heterocycles. The standard InChI is InChI=1S/C32H37N3O8Si/c1-21(43-44(2,3)4)28-27-18-26(24-14-16-33(17-15-24)32(38)42-20-22-8-6-5-7-9-22)29(34(27)30(28)36)31(37)41-19-23-10-12-25(13-11-23)35(39)40/h5-14,21,27-28H,15-20H2,1-4H3/t21-,27-,28-/m1/s1. The van der Waals surface area contributed by atoms with E-state index in [9.17, 15) is 24.5 Å². The third-order valence-corrected chi connectivity index (χ3v) is 9.10. The summed E-state index contributed by atoms with van der Waals surface area (Å²) < 4.78 is 17.4. The molecule has 0 spiro atoms. The summed E-state index contributed by atoms with van der Waals surface area (Å²) in [5.41, 5.74) is 3.31. The molecule has 2 aromatic rings. The Labute approximate surface area is 257 Å². The van der Waals surface area contributed by atoms with Crippen molar-refractivity contribution in [3.05, 3.63) is 98.8 Å². The van der Waals surface area contributed by atoms with Crippen LogP contribution < -0.4 is 0 Å². The summed E-state index contributed by atoms with van der Waals surface area (Å²) in [6.45, 7) is 8.95. The number of nitrogens with zero attached hydrogens (tertiary/aromatic N) is 3. The molecule has 232 valence electrons. The van der Waals surface area contributed by atoms with Crippen molar-refractivity contribution < 1.29 is 33.2 Å². The molecule has 0 bridgehead atoms. The van der Waals surface area contributed by atoms with Gasteiger partial charge in [-0.15, -0.1) is 0 Å². The highest BCUT2D eigenvalue weighted by molar-refractivity contribution is 6.69. The zero-order valence-corrected chi connectivity index (χ0v) is 26.4. The second kappa shape index (κ2) is 12.7. The number of hydrogen-bond acceptors (Lipinski definition) is 8. The number of fused-ring (bicyclic) bond motifs is 1. The fraction of sp³-hybridized carbons (Fsp3) is 0.406. The quantitative estimate of drug-likeness (QED) is 0.115. The van der Waals surface area contributed by atoms with E-state index in [1.54, 1.807) is 9.80 Å².